The van der Waals surface area contributed by atoms with Crippen molar-refractivity contribution in [3.8, 4) is 5.75 Å². The Morgan fingerprint density at radius 3 is 2.47 bits per heavy atom. The van der Waals surface area contributed by atoms with Crippen LogP contribution in [-0.4, -0.2) is 30.2 Å². The van der Waals surface area contributed by atoms with Crippen molar-refractivity contribution in [2.24, 2.45) is 0 Å². The minimum atomic E-state index is -4.71. The van der Waals surface area contributed by atoms with E-state index in [2.05, 4.69) is 10.1 Å². The average molecular weight is 247 g/mol. The smallest absolute Gasteiger partial charge is 0.406 e. The van der Waals surface area contributed by atoms with E-state index < -0.39 is 12.0 Å². The Balaban J connectivity index is 2.15. The molecule has 0 aliphatic carbocycles. The normalized spacial score (nSPS) is 18.6. The fourth-order valence-electron chi connectivity index (χ4n) is 1.77. The third-order valence-corrected chi connectivity index (χ3v) is 2.63. The Morgan fingerprint density at radius 1 is 1.29 bits per heavy atom. The fraction of sp³-hybridized carbons (Fsp3) is 0.455. The molecule has 94 valence electrons. The van der Waals surface area contributed by atoms with Gasteiger partial charge in [-0.1, -0.05) is 18.2 Å². The number of ether oxygens (including phenoxy) is 1. The molecule has 3 nitrogen and oxygen atoms in total. The molecule has 1 saturated heterocycles. The zero-order valence-corrected chi connectivity index (χ0v) is 8.92. The Hall–Kier alpha value is -1.27. The number of benzene rings is 1. The van der Waals surface area contributed by atoms with Crippen molar-refractivity contribution in [1.82, 2.24) is 5.32 Å². The van der Waals surface area contributed by atoms with Crippen LogP contribution in [0.1, 0.15) is 5.56 Å². The second-order valence-corrected chi connectivity index (χ2v) is 4.16. The van der Waals surface area contributed by atoms with Gasteiger partial charge in [0, 0.05) is 19.5 Å². The van der Waals surface area contributed by atoms with Gasteiger partial charge in [-0.25, -0.2) is 0 Å². The summed E-state index contributed by atoms with van der Waals surface area (Å²) in [4.78, 5) is 0. The lowest BCUT2D eigenvalue weighted by molar-refractivity contribution is -0.275. The van der Waals surface area contributed by atoms with Crippen molar-refractivity contribution >= 4 is 0 Å². The molecule has 0 atom stereocenters. The predicted octanol–water partition coefficient (Wildman–Crippen LogP) is 1.46. The van der Waals surface area contributed by atoms with Gasteiger partial charge in [-0.3, -0.25) is 0 Å². The quantitative estimate of drug-likeness (QED) is 0.849. The summed E-state index contributed by atoms with van der Waals surface area (Å²) in [5.41, 5.74) is -0.612. The molecule has 0 spiro atoms. The number of hydrogen-bond acceptors (Lipinski definition) is 3. The third-order valence-electron chi connectivity index (χ3n) is 2.63. The van der Waals surface area contributed by atoms with E-state index in [0.717, 1.165) is 0 Å². The Bertz CT molecular complexity index is 402. The number of nitrogens with one attached hydrogen (secondary N) is 1. The Kier molecular flexibility index (Phi) is 3.01. The van der Waals surface area contributed by atoms with Gasteiger partial charge in [0.25, 0.3) is 0 Å². The van der Waals surface area contributed by atoms with Gasteiger partial charge in [0.05, 0.1) is 5.60 Å². The van der Waals surface area contributed by atoms with Crippen molar-refractivity contribution < 1.29 is 23.0 Å². The van der Waals surface area contributed by atoms with Crippen molar-refractivity contribution in [1.29, 1.82) is 0 Å². The highest BCUT2D eigenvalue weighted by molar-refractivity contribution is 5.35. The lowest BCUT2D eigenvalue weighted by atomic mass is 9.89. The number of aliphatic hydroxyl groups is 1. The number of hydrogen-bond donors (Lipinski definition) is 2. The van der Waals surface area contributed by atoms with Gasteiger partial charge in [0.15, 0.2) is 0 Å². The van der Waals surface area contributed by atoms with Gasteiger partial charge in [-0.05, 0) is 11.6 Å². The van der Waals surface area contributed by atoms with E-state index in [1.807, 2.05) is 0 Å². The summed E-state index contributed by atoms with van der Waals surface area (Å²) in [6.45, 7) is 0.765. The fourth-order valence-corrected chi connectivity index (χ4v) is 1.77. The molecule has 1 aliphatic rings. The van der Waals surface area contributed by atoms with E-state index in [9.17, 15) is 18.3 Å². The highest BCUT2D eigenvalue weighted by Crippen LogP contribution is 2.29. The third kappa shape index (κ3) is 3.10. The molecule has 0 bridgehead atoms. The highest BCUT2D eigenvalue weighted by atomic mass is 19.4. The number of halogens is 3. The summed E-state index contributed by atoms with van der Waals surface area (Å²) in [7, 11) is 0. The van der Waals surface area contributed by atoms with Gasteiger partial charge in [-0.2, -0.15) is 0 Å². The van der Waals surface area contributed by atoms with E-state index in [1.54, 1.807) is 6.07 Å². The summed E-state index contributed by atoms with van der Waals surface area (Å²) in [5.74, 6) is -0.250. The summed E-state index contributed by atoms with van der Waals surface area (Å²) in [5, 5.41) is 12.8. The number of rotatable bonds is 3. The van der Waals surface area contributed by atoms with Crippen molar-refractivity contribution in [3.05, 3.63) is 29.8 Å². The van der Waals surface area contributed by atoms with E-state index in [0.29, 0.717) is 18.7 Å². The van der Waals surface area contributed by atoms with E-state index in [4.69, 9.17) is 0 Å². The van der Waals surface area contributed by atoms with Crippen LogP contribution < -0.4 is 10.1 Å². The SMILES string of the molecule is OC1(Cc2ccccc2OC(F)(F)F)CNC1. The topological polar surface area (TPSA) is 41.5 Å². The molecule has 6 heteroatoms. The Morgan fingerprint density at radius 2 is 1.94 bits per heavy atom. The summed E-state index contributed by atoms with van der Waals surface area (Å²) in [6.07, 6.45) is -4.57. The molecule has 17 heavy (non-hydrogen) atoms. The molecule has 0 aromatic heterocycles. The number of alkyl halides is 3. The second kappa shape index (κ2) is 4.19. The zero-order chi connectivity index (χ0) is 12.5. The van der Waals surface area contributed by atoms with Crippen LogP contribution in [0.5, 0.6) is 5.75 Å². The molecule has 2 N–H and O–H groups in total. The van der Waals surface area contributed by atoms with Crippen molar-refractivity contribution in [2.45, 2.75) is 18.4 Å². The van der Waals surface area contributed by atoms with Crippen LogP contribution in [-0.2, 0) is 6.42 Å². The molecular formula is C11H12F3NO2. The van der Waals surface area contributed by atoms with Crippen LogP contribution in [0.3, 0.4) is 0 Å². The van der Waals surface area contributed by atoms with E-state index in [1.165, 1.54) is 18.2 Å². The van der Waals surface area contributed by atoms with Crippen LogP contribution in [0.25, 0.3) is 0 Å². The van der Waals surface area contributed by atoms with Crippen LogP contribution >= 0.6 is 0 Å². The molecular weight excluding hydrogens is 235 g/mol. The molecule has 1 aromatic rings. The van der Waals surface area contributed by atoms with Crippen LogP contribution in [0, 0.1) is 0 Å². The first-order valence-electron chi connectivity index (χ1n) is 5.15. The Labute approximate surface area is 96.2 Å². The van der Waals surface area contributed by atoms with Gasteiger partial charge < -0.3 is 15.2 Å². The molecule has 1 aliphatic heterocycles. The molecule has 0 radical (unpaired) electrons. The first kappa shape index (κ1) is 12.2. The first-order valence-corrected chi connectivity index (χ1v) is 5.15. The summed E-state index contributed by atoms with van der Waals surface area (Å²) in [6, 6.07) is 5.86. The minimum absolute atomic E-state index is 0.145. The standard InChI is InChI=1S/C11H12F3NO2/c12-11(13,14)17-9-4-2-1-3-8(9)5-10(16)6-15-7-10/h1-4,15-16H,5-7H2. The maximum Gasteiger partial charge on any atom is 0.573 e. The molecule has 1 fully saturated rings. The summed E-state index contributed by atoms with van der Waals surface area (Å²) >= 11 is 0. The molecule has 2 rings (SSSR count). The first-order chi connectivity index (χ1) is 7.88. The molecule has 1 aromatic carbocycles. The molecule has 0 saturated carbocycles. The second-order valence-electron chi connectivity index (χ2n) is 4.16. The highest BCUT2D eigenvalue weighted by Gasteiger charge is 2.37. The lowest BCUT2D eigenvalue weighted by Gasteiger charge is -2.38. The molecule has 0 unspecified atom stereocenters. The van der Waals surface area contributed by atoms with Crippen molar-refractivity contribution in [2.75, 3.05) is 13.1 Å². The monoisotopic (exact) mass is 247 g/mol. The zero-order valence-electron chi connectivity index (χ0n) is 8.92. The van der Waals surface area contributed by atoms with Gasteiger partial charge in [0.2, 0.25) is 0 Å². The average Bonchev–Trinajstić information content (AvgIpc) is 2.16. The van der Waals surface area contributed by atoms with Crippen LogP contribution in [0.15, 0.2) is 24.3 Å². The molecule has 0 amide bonds. The molecule has 1 heterocycles. The minimum Gasteiger partial charge on any atom is -0.406 e. The van der Waals surface area contributed by atoms with Gasteiger partial charge >= 0.3 is 6.36 Å². The maximum absolute atomic E-state index is 12.2. The van der Waals surface area contributed by atoms with Gasteiger partial charge in [0.1, 0.15) is 5.75 Å². The number of para-hydroxylation sites is 1. The lowest BCUT2D eigenvalue weighted by Crippen LogP contribution is -2.60. The predicted molar refractivity (Wildman–Crippen MR) is 54.6 cm³/mol. The number of β-amino-alcohol motifs (C(OH)–C–C–N with tert-alkyl or cyclic N) is 1. The largest absolute Gasteiger partial charge is 0.573 e. The van der Waals surface area contributed by atoms with Gasteiger partial charge in [-0.15, -0.1) is 13.2 Å². The van der Waals surface area contributed by atoms with Crippen LogP contribution in [0.2, 0.25) is 0 Å². The van der Waals surface area contributed by atoms with E-state index in [-0.39, 0.29) is 12.2 Å². The maximum atomic E-state index is 12.2. The van der Waals surface area contributed by atoms with Crippen molar-refractivity contribution in [3.63, 3.8) is 0 Å². The summed E-state index contributed by atoms with van der Waals surface area (Å²) < 4.78 is 40.4. The van der Waals surface area contributed by atoms with Crippen LogP contribution in [0.4, 0.5) is 13.2 Å². The van der Waals surface area contributed by atoms with E-state index >= 15 is 0 Å².